The van der Waals surface area contributed by atoms with Crippen molar-refractivity contribution in [3.8, 4) is 0 Å². The average molecular weight is 1050 g/mol. The number of rotatable bonds is 62. The zero-order chi connectivity index (χ0) is 54.1. The molecule has 0 spiro atoms. The Kier molecular flexibility index (Phi) is 64.2. The fraction of sp³-hybridized carbons (Fsp3) is 0.817. The Morgan fingerprint density at radius 2 is 0.560 bits per heavy atom. The van der Waals surface area contributed by atoms with Gasteiger partial charge in [-0.05, 0) is 83.5 Å². The van der Waals surface area contributed by atoms with Gasteiger partial charge in [0.1, 0.15) is 0 Å². The molecule has 1 amide bonds. The van der Waals surface area contributed by atoms with E-state index < -0.39 is 12.1 Å². The minimum absolute atomic E-state index is 0.0742. The summed E-state index contributed by atoms with van der Waals surface area (Å²) in [6.45, 7) is 4.31. The zero-order valence-electron chi connectivity index (χ0n) is 50.6. The van der Waals surface area contributed by atoms with Gasteiger partial charge in [0.15, 0.2) is 0 Å². The van der Waals surface area contributed by atoms with E-state index in [1.54, 1.807) is 6.08 Å². The molecule has 75 heavy (non-hydrogen) atoms. The predicted molar refractivity (Wildman–Crippen MR) is 336 cm³/mol. The average Bonchev–Trinajstić information content (AvgIpc) is 3.41. The monoisotopic (exact) mass is 1050 g/mol. The van der Waals surface area contributed by atoms with Crippen LogP contribution in [-0.4, -0.2) is 34.9 Å². The summed E-state index contributed by atoms with van der Waals surface area (Å²) >= 11 is 0. The van der Waals surface area contributed by atoms with Gasteiger partial charge in [-0.25, -0.2) is 0 Å². The lowest BCUT2D eigenvalue weighted by Crippen LogP contribution is -2.45. The van der Waals surface area contributed by atoms with E-state index >= 15 is 0 Å². The van der Waals surface area contributed by atoms with Gasteiger partial charge in [0.05, 0.1) is 18.8 Å². The maximum atomic E-state index is 12.5. The van der Waals surface area contributed by atoms with Crippen molar-refractivity contribution in [3.63, 3.8) is 0 Å². The van der Waals surface area contributed by atoms with E-state index in [-0.39, 0.29) is 12.5 Å². The van der Waals surface area contributed by atoms with E-state index in [1.807, 2.05) is 6.08 Å². The van der Waals surface area contributed by atoms with Crippen LogP contribution in [0.25, 0.3) is 0 Å². The van der Waals surface area contributed by atoms with Gasteiger partial charge in [0.25, 0.3) is 0 Å². The Morgan fingerprint density at radius 1 is 0.320 bits per heavy atom. The summed E-state index contributed by atoms with van der Waals surface area (Å²) in [5, 5.41) is 23.2. The molecule has 0 aromatic rings. The fourth-order valence-electron chi connectivity index (χ4n) is 10.3. The van der Waals surface area contributed by atoms with E-state index in [9.17, 15) is 15.0 Å². The lowest BCUT2D eigenvalue weighted by atomic mass is 10.0. The first kappa shape index (κ1) is 72.8. The third-order valence-corrected chi connectivity index (χ3v) is 15.4. The summed E-state index contributed by atoms with van der Waals surface area (Å²) in [4.78, 5) is 12.5. The molecule has 0 radical (unpaired) electrons. The van der Waals surface area contributed by atoms with Gasteiger partial charge in [-0.1, -0.05) is 337 Å². The van der Waals surface area contributed by atoms with Crippen molar-refractivity contribution >= 4 is 5.91 Å². The minimum atomic E-state index is -0.874. The van der Waals surface area contributed by atoms with Crippen LogP contribution in [0.5, 0.6) is 0 Å². The molecule has 438 valence electrons. The highest BCUT2D eigenvalue weighted by Crippen LogP contribution is 2.18. The Bertz CT molecular complexity index is 1280. The number of aliphatic hydroxyl groups is 2. The Labute approximate surface area is 469 Å². The largest absolute Gasteiger partial charge is 0.394 e. The second-order valence-corrected chi connectivity index (χ2v) is 22.9. The zero-order valence-corrected chi connectivity index (χ0v) is 50.6. The molecule has 3 N–H and O–H groups in total. The van der Waals surface area contributed by atoms with Crippen LogP contribution in [0.15, 0.2) is 72.9 Å². The number of aliphatic hydroxyl groups excluding tert-OH is 2. The Balaban J connectivity index is 3.51. The van der Waals surface area contributed by atoms with Crippen molar-refractivity contribution in [2.45, 2.75) is 366 Å². The van der Waals surface area contributed by atoms with Crippen LogP contribution in [0.2, 0.25) is 0 Å². The number of hydrogen-bond acceptors (Lipinski definition) is 3. The second-order valence-electron chi connectivity index (χ2n) is 22.9. The predicted octanol–water partition coefficient (Wildman–Crippen LogP) is 22.9. The van der Waals surface area contributed by atoms with Crippen molar-refractivity contribution in [3.05, 3.63) is 72.9 Å². The van der Waals surface area contributed by atoms with Crippen molar-refractivity contribution in [2.24, 2.45) is 0 Å². The highest BCUT2D eigenvalue weighted by Gasteiger charge is 2.18. The maximum absolute atomic E-state index is 12.5. The summed E-state index contributed by atoms with van der Waals surface area (Å²) in [6.07, 6.45) is 95.5. The molecule has 0 fully saturated rings. The number of hydrogen-bond donors (Lipinski definition) is 3. The normalized spacial score (nSPS) is 13.2. The molecule has 0 bridgehead atoms. The number of amides is 1. The van der Waals surface area contributed by atoms with Crippen LogP contribution < -0.4 is 5.32 Å². The summed E-state index contributed by atoms with van der Waals surface area (Å²) in [5.41, 5.74) is 0. The molecular formula is C71H131NO3. The van der Waals surface area contributed by atoms with Gasteiger partial charge >= 0.3 is 0 Å². The number of carbonyl (C=O) groups excluding carboxylic acids is 1. The Morgan fingerprint density at radius 3 is 0.867 bits per heavy atom. The minimum Gasteiger partial charge on any atom is -0.394 e. The number of nitrogens with one attached hydrogen (secondary N) is 1. The molecule has 2 atom stereocenters. The van der Waals surface area contributed by atoms with Crippen LogP contribution in [0, 0.1) is 0 Å². The van der Waals surface area contributed by atoms with Crippen LogP contribution in [0.3, 0.4) is 0 Å². The van der Waals surface area contributed by atoms with Crippen molar-refractivity contribution in [1.29, 1.82) is 0 Å². The third kappa shape index (κ3) is 62.6. The highest BCUT2D eigenvalue weighted by atomic mass is 16.3. The maximum Gasteiger partial charge on any atom is 0.220 e. The van der Waals surface area contributed by atoms with E-state index in [0.717, 1.165) is 51.4 Å². The van der Waals surface area contributed by atoms with Crippen LogP contribution in [0.4, 0.5) is 0 Å². The van der Waals surface area contributed by atoms with E-state index in [0.29, 0.717) is 6.42 Å². The molecule has 4 heteroatoms. The summed E-state index contributed by atoms with van der Waals surface area (Å²) in [5.74, 6) is -0.0742. The van der Waals surface area contributed by atoms with Crippen LogP contribution in [-0.2, 0) is 4.79 Å². The van der Waals surface area contributed by atoms with Crippen LogP contribution in [0.1, 0.15) is 354 Å². The van der Waals surface area contributed by atoms with Gasteiger partial charge in [0, 0.05) is 6.42 Å². The molecule has 0 aliphatic rings. The molecule has 0 aromatic heterocycles. The van der Waals surface area contributed by atoms with Gasteiger partial charge in [0.2, 0.25) is 5.91 Å². The van der Waals surface area contributed by atoms with Gasteiger partial charge < -0.3 is 15.5 Å². The lowest BCUT2D eigenvalue weighted by Gasteiger charge is -2.19. The highest BCUT2D eigenvalue weighted by molar-refractivity contribution is 5.76. The first-order chi connectivity index (χ1) is 37.2. The van der Waals surface area contributed by atoms with Crippen molar-refractivity contribution < 1.29 is 15.0 Å². The molecule has 0 aromatic carbocycles. The van der Waals surface area contributed by atoms with Gasteiger partial charge in [-0.3, -0.25) is 4.79 Å². The summed E-state index contributed by atoms with van der Waals surface area (Å²) in [6, 6.07) is -0.649. The number of allylic oxidation sites excluding steroid dienone is 11. The number of carbonyl (C=O) groups is 1. The second kappa shape index (κ2) is 66.1. The van der Waals surface area contributed by atoms with Crippen molar-refractivity contribution in [1.82, 2.24) is 5.32 Å². The first-order valence-corrected chi connectivity index (χ1v) is 33.7. The van der Waals surface area contributed by atoms with Crippen LogP contribution >= 0.6 is 0 Å². The van der Waals surface area contributed by atoms with Gasteiger partial charge in [-0.15, -0.1) is 0 Å². The Hall–Kier alpha value is -2.17. The number of unbranched alkanes of at least 4 members (excludes halogenated alkanes) is 45. The molecule has 2 unspecified atom stereocenters. The smallest absolute Gasteiger partial charge is 0.220 e. The molecule has 4 nitrogen and oxygen atoms in total. The summed E-state index contributed by atoms with van der Waals surface area (Å²) < 4.78 is 0. The fourth-order valence-corrected chi connectivity index (χ4v) is 10.3. The first-order valence-electron chi connectivity index (χ1n) is 33.7. The molecule has 0 heterocycles. The molecular weight excluding hydrogens is 915 g/mol. The molecule has 0 saturated carbocycles. The quantitative estimate of drug-likeness (QED) is 0.0420. The van der Waals surface area contributed by atoms with Crippen molar-refractivity contribution in [2.75, 3.05) is 6.61 Å². The standard InChI is InChI=1S/C71H131NO3/c1-3-5-7-9-11-13-15-17-19-21-23-25-27-29-31-33-35-36-37-39-41-43-45-47-49-51-53-55-57-59-61-63-65-67-71(75)72-69(68-73)70(74)66-64-62-60-58-56-54-52-50-48-46-44-42-40-38-34-32-30-28-26-24-22-20-18-16-14-12-10-8-6-4-2/h15,17,21,23,27,29,48,50,56,58,64,66,69-70,73-74H,3-14,16,18-20,22,24-26,28,30-47,49,51-55,57,59-63,65,67-68H2,1-2H3,(H,72,75)/b17-15-,23-21-,29-27-,50-48+,58-56+,66-64+. The molecule has 0 rings (SSSR count). The molecule has 0 aliphatic heterocycles. The summed E-state index contributed by atoms with van der Waals surface area (Å²) in [7, 11) is 0. The third-order valence-electron chi connectivity index (χ3n) is 15.4. The van der Waals surface area contributed by atoms with E-state index in [4.69, 9.17) is 0 Å². The topological polar surface area (TPSA) is 69.6 Å². The van der Waals surface area contributed by atoms with E-state index in [1.165, 1.54) is 283 Å². The van der Waals surface area contributed by atoms with Gasteiger partial charge in [-0.2, -0.15) is 0 Å². The SMILES string of the molecule is CCCCCCC/C=C\C/C=C\C/C=C\CCCCCCCCCCCCCCCCCCCCC(=O)NC(CO)C(O)/C=C/CC/C=C/CC/C=C/CCCCCCCCCCCCCCCCCCCCCC. The lowest BCUT2D eigenvalue weighted by molar-refractivity contribution is -0.123. The molecule has 0 saturated heterocycles. The molecule has 0 aliphatic carbocycles. The van der Waals surface area contributed by atoms with E-state index in [2.05, 4.69) is 79.9 Å².